The van der Waals surface area contributed by atoms with E-state index < -0.39 is 0 Å². The number of halogens is 2. The molecule has 0 radical (unpaired) electrons. The van der Waals surface area contributed by atoms with Gasteiger partial charge in [-0.05, 0) is 58.2 Å². The number of hydrogen-bond acceptors (Lipinski definition) is 2. The Kier molecular flexibility index (Phi) is 3.98. The van der Waals surface area contributed by atoms with Gasteiger partial charge in [0.2, 0.25) is 0 Å². The van der Waals surface area contributed by atoms with E-state index >= 15 is 0 Å². The summed E-state index contributed by atoms with van der Waals surface area (Å²) in [6, 6.07) is 15.7. The molecular weight excluding hydrogens is 348 g/mol. The van der Waals surface area contributed by atoms with Gasteiger partial charge in [0.05, 0.1) is 16.6 Å². The van der Waals surface area contributed by atoms with Crippen LogP contribution in [0.25, 0.3) is 10.9 Å². The summed E-state index contributed by atoms with van der Waals surface area (Å²) in [5, 5.41) is 1.74. The molecule has 0 saturated heterocycles. The second-order valence-corrected chi connectivity index (χ2v) is 6.26. The van der Waals surface area contributed by atoms with Crippen molar-refractivity contribution in [2.45, 2.75) is 13.0 Å². The van der Waals surface area contributed by atoms with Gasteiger partial charge in [-0.25, -0.2) is 0 Å². The van der Waals surface area contributed by atoms with Crippen LogP contribution in [0, 0.1) is 6.92 Å². The van der Waals surface area contributed by atoms with Gasteiger partial charge in [0.15, 0.2) is 0 Å². The van der Waals surface area contributed by atoms with Crippen molar-refractivity contribution in [3.63, 3.8) is 0 Å². The number of nitrogens with two attached hydrogens (primary N) is 1. The number of rotatable bonds is 2. The maximum Gasteiger partial charge on any atom is 0.0705 e. The largest absolute Gasteiger partial charge is 0.320 e. The summed E-state index contributed by atoms with van der Waals surface area (Å²) in [4.78, 5) is 4.51. The van der Waals surface area contributed by atoms with Gasteiger partial charge in [0.1, 0.15) is 0 Å². The minimum Gasteiger partial charge on any atom is -0.320 e. The second kappa shape index (κ2) is 5.76. The van der Waals surface area contributed by atoms with Crippen molar-refractivity contribution in [2.24, 2.45) is 5.73 Å². The van der Waals surface area contributed by atoms with Crippen molar-refractivity contribution < 1.29 is 0 Å². The Balaban J connectivity index is 2.07. The zero-order chi connectivity index (χ0) is 15.0. The van der Waals surface area contributed by atoms with Crippen LogP contribution in [0.4, 0.5) is 0 Å². The molecule has 2 aromatic carbocycles. The first kappa shape index (κ1) is 14.5. The topological polar surface area (TPSA) is 38.9 Å². The fourth-order valence-corrected chi connectivity index (χ4v) is 3.00. The lowest BCUT2D eigenvalue weighted by Gasteiger charge is -2.15. The van der Waals surface area contributed by atoms with Gasteiger partial charge in [-0.3, -0.25) is 4.98 Å². The van der Waals surface area contributed by atoms with Gasteiger partial charge < -0.3 is 5.73 Å². The molecule has 1 aromatic heterocycles. The molecule has 2 nitrogen and oxygen atoms in total. The van der Waals surface area contributed by atoms with E-state index in [9.17, 15) is 0 Å². The van der Waals surface area contributed by atoms with Gasteiger partial charge in [0.25, 0.3) is 0 Å². The first-order valence-corrected chi connectivity index (χ1v) is 7.80. The Hall–Kier alpha value is -1.42. The number of pyridine rings is 1. The molecule has 0 amide bonds. The Labute approximate surface area is 137 Å². The summed E-state index contributed by atoms with van der Waals surface area (Å²) >= 11 is 9.77. The molecule has 0 aliphatic carbocycles. The summed E-state index contributed by atoms with van der Waals surface area (Å²) < 4.78 is 0.857. The van der Waals surface area contributed by atoms with Crippen LogP contribution >= 0.6 is 27.5 Å². The predicted molar refractivity (Wildman–Crippen MR) is 91.7 cm³/mol. The van der Waals surface area contributed by atoms with Crippen molar-refractivity contribution in [3.05, 3.63) is 74.8 Å². The van der Waals surface area contributed by atoms with E-state index in [1.165, 1.54) is 0 Å². The molecule has 0 saturated carbocycles. The minimum absolute atomic E-state index is 0.263. The molecule has 0 aliphatic heterocycles. The average molecular weight is 362 g/mol. The Morgan fingerprint density at radius 2 is 1.95 bits per heavy atom. The van der Waals surface area contributed by atoms with Crippen LogP contribution in [0.1, 0.15) is 22.9 Å². The molecular formula is C17H14BrClN2. The highest BCUT2D eigenvalue weighted by atomic mass is 79.9. The fraction of sp³-hybridized carbons (Fsp3) is 0.118. The summed E-state index contributed by atoms with van der Waals surface area (Å²) in [6.45, 7) is 1.99. The standard InChI is InChI=1S/C17H14BrClN2/c1-10-5-6-11-9-12(7-8-15(11)21-10)17(20)13-3-2-4-14(18)16(13)19/h2-9,17H,20H2,1H3. The zero-order valence-corrected chi connectivity index (χ0v) is 13.8. The predicted octanol–water partition coefficient (Wildman–Crippen LogP) is 5.01. The molecule has 21 heavy (non-hydrogen) atoms. The van der Waals surface area contributed by atoms with E-state index in [1.807, 2.05) is 43.3 Å². The van der Waals surface area contributed by atoms with Crippen molar-refractivity contribution in [2.75, 3.05) is 0 Å². The SMILES string of the molecule is Cc1ccc2cc(C(N)c3cccc(Br)c3Cl)ccc2n1. The van der Waals surface area contributed by atoms with Crippen LogP contribution < -0.4 is 5.73 Å². The van der Waals surface area contributed by atoms with Crippen LogP contribution in [0.3, 0.4) is 0 Å². The van der Waals surface area contributed by atoms with Crippen molar-refractivity contribution in [3.8, 4) is 0 Å². The molecule has 2 N–H and O–H groups in total. The molecule has 4 heteroatoms. The molecule has 106 valence electrons. The van der Waals surface area contributed by atoms with E-state index in [4.69, 9.17) is 17.3 Å². The van der Waals surface area contributed by atoms with Gasteiger partial charge in [-0.2, -0.15) is 0 Å². The Morgan fingerprint density at radius 3 is 2.76 bits per heavy atom. The molecule has 3 rings (SSSR count). The van der Waals surface area contributed by atoms with Crippen LogP contribution in [-0.2, 0) is 0 Å². The number of benzene rings is 2. The molecule has 1 atom stereocenters. The fourth-order valence-electron chi connectivity index (χ4n) is 2.38. The highest BCUT2D eigenvalue weighted by Crippen LogP contribution is 2.32. The van der Waals surface area contributed by atoms with Gasteiger partial charge in [0, 0.05) is 15.6 Å². The monoisotopic (exact) mass is 360 g/mol. The van der Waals surface area contributed by atoms with E-state index in [-0.39, 0.29) is 6.04 Å². The van der Waals surface area contributed by atoms with E-state index in [0.717, 1.165) is 32.2 Å². The Morgan fingerprint density at radius 1 is 1.14 bits per heavy atom. The van der Waals surface area contributed by atoms with Crippen LogP contribution in [0.2, 0.25) is 5.02 Å². The summed E-state index contributed by atoms with van der Waals surface area (Å²) in [7, 11) is 0. The minimum atomic E-state index is -0.263. The molecule has 1 heterocycles. The summed E-state index contributed by atoms with van der Waals surface area (Å²) in [5.41, 5.74) is 10.3. The number of aryl methyl sites for hydroxylation is 1. The third kappa shape index (κ3) is 2.82. The van der Waals surface area contributed by atoms with E-state index in [0.29, 0.717) is 5.02 Å². The van der Waals surface area contributed by atoms with E-state index in [2.05, 4.69) is 33.0 Å². The van der Waals surface area contributed by atoms with E-state index in [1.54, 1.807) is 0 Å². The van der Waals surface area contributed by atoms with Crippen molar-refractivity contribution in [1.29, 1.82) is 0 Å². The number of aromatic nitrogens is 1. The summed E-state index contributed by atoms with van der Waals surface area (Å²) in [5.74, 6) is 0. The first-order chi connectivity index (χ1) is 10.1. The zero-order valence-electron chi connectivity index (χ0n) is 11.5. The molecule has 0 bridgehead atoms. The number of nitrogens with zero attached hydrogens (tertiary/aromatic N) is 1. The average Bonchev–Trinajstić information content (AvgIpc) is 2.49. The van der Waals surface area contributed by atoms with Crippen molar-refractivity contribution in [1.82, 2.24) is 4.98 Å². The lowest BCUT2D eigenvalue weighted by Crippen LogP contribution is -2.12. The smallest absolute Gasteiger partial charge is 0.0705 e. The Bertz CT molecular complexity index is 817. The second-order valence-electron chi connectivity index (χ2n) is 5.03. The lowest BCUT2D eigenvalue weighted by atomic mass is 9.98. The lowest BCUT2D eigenvalue weighted by molar-refractivity contribution is 0.872. The van der Waals surface area contributed by atoms with Crippen LogP contribution in [0.5, 0.6) is 0 Å². The van der Waals surface area contributed by atoms with Gasteiger partial charge in [-0.1, -0.05) is 35.9 Å². The number of fused-ring (bicyclic) bond motifs is 1. The quantitative estimate of drug-likeness (QED) is 0.697. The third-order valence-corrected chi connectivity index (χ3v) is 4.84. The van der Waals surface area contributed by atoms with Crippen LogP contribution in [0.15, 0.2) is 53.0 Å². The normalized spacial score (nSPS) is 12.6. The van der Waals surface area contributed by atoms with Crippen molar-refractivity contribution >= 4 is 38.4 Å². The molecule has 0 spiro atoms. The van der Waals surface area contributed by atoms with Gasteiger partial charge in [-0.15, -0.1) is 0 Å². The first-order valence-electron chi connectivity index (χ1n) is 6.63. The molecule has 0 fully saturated rings. The van der Waals surface area contributed by atoms with Gasteiger partial charge >= 0.3 is 0 Å². The highest BCUT2D eigenvalue weighted by molar-refractivity contribution is 9.10. The summed E-state index contributed by atoms with van der Waals surface area (Å²) in [6.07, 6.45) is 0. The number of hydrogen-bond donors (Lipinski definition) is 1. The maximum atomic E-state index is 6.38. The molecule has 0 aliphatic rings. The maximum absolute atomic E-state index is 6.38. The van der Waals surface area contributed by atoms with Crippen LogP contribution in [-0.4, -0.2) is 4.98 Å². The molecule has 3 aromatic rings. The molecule has 1 unspecified atom stereocenters. The highest BCUT2D eigenvalue weighted by Gasteiger charge is 2.14. The third-order valence-electron chi connectivity index (χ3n) is 3.53.